The van der Waals surface area contributed by atoms with Crippen molar-refractivity contribution < 1.29 is 19.1 Å². The number of imide groups is 1. The molecule has 1 aliphatic rings. The third kappa shape index (κ3) is 5.42. The van der Waals surface area contributed by atoms with Gasteiger partial charge in [0.2, 0.25) is 0 Å². The van der Waals surface area contributed by atoms with Crippen molar-refractivity contribution in [2.45, 2.75) is 6.54 Å². The lowest BCUT2D eigenvalue weighted by Gasteiger charge is -2.14. The van der Waals surface area contributed by atoms with Crippen molar-refractivity contribution in [3.63, 3.8) is 0 Å². The minimum atomic E-state index is -0.563. The van der Waals surface area contributed by atoms with Crippen LogP contribution in [0.2, 0.25) is 15.1 Å². The van der Waals surface area contributed by atoms with Gasteiger partial charge in [0.05, 0.1) is 17.0 Å². The molecule has 3 aromatic rings. The largest absolute Gasteiger partial charge is 0.423 e. The third-order valence-electron chi connectivity index (χ3n) is 4.68. The third-order valence-corrected chi connectivity index (χ3v) is 6.53. The Morgan fingerprint density at radius 1 is 0.939 bits per heavy atom. The average molecular weight is 519 g/mol. The molecule has 1 saturated heterocycles. The molecule has 0 saturated carbocycles. The van der Waals surface area contributed by atoms with Crippen molar-refractivity contribution >= 4 is 69.8 Å². The normalized spacial score (nSPS) is 14.8. The van der Waals surface area contributed by atoms with Crippen LogP contribution < -0.4 is 4.74 Å². The first-order valence-electron chi connectivity index (χ1n) is 9.58. The zero-order valence-corrected chi connectivity index (χ0v) is 19.8. The highest BCUT2D eigenvalue weighted by Crippen LogP contribution is 2.36. The van der Waals surface area contributed by atoms with Gasteiger partial charge in [0.1, 0.15) is 5.75 Å². The lowest BCUT2D eigenvalue weighted by atomic mass is 10.2. The van der Waals surface area contributed by atoms with Gasteiger partial charge < -0.3 is 4.74 Å². The molecule has 1 fully saturated rings. The van der Waals surface area contributed by atoms with Gasteiger partial charge in [-0.3, -0.25) is 14.5 Å². The fourth-order valence-corrected chi connectivity index (χ4v) is 4.62. The van der Waals surface area contributed by atoms with Crippen LogP contribution in [0.15, 0.2) is 71.6 Å². The number of benzene rings is 3. The number of nitrogens with zero attached hydrogens (tertiary/aromatic N) is 1. The Morgan fingerprint density at radius 2 is 1.64 bits per heavy atom. The molecule has 2 amide bonds. The van der Waals surface area contributed by atoms with E-state index in [-0.39, 0.29) is 17.2 Å². The summed E-state index contributed by atoms with van der Waals surface area (Å²) in [7, 11) is 0. The second-order valence-corrected chi connectivity index (χ2v) is 9.18. The van der Waals surface area contributed by atoms with Gasteiger partial charge in [-0.25, -0.2) is 4.79 Å². The smallest absolute Gasteiger partial charge is 0.343 e. The maximum atomic E-state index is 12.9. The van der Waals surface area contributed by atoms with E-state index in [0.717, 1.165) is 16.7 Å². The molecule has 5 nitrogen and oxygen atoms in total. The Labute approximate surface area is 208 Å². The standard InChI is InChI=1S/C24H14Cl3NO4S/c25-16-6-2-5-15(12-16)23(30)32-17-7-1-4-14(10-17)11-21-22(29)28(24(31)33-21)13-18-19(26)8-3-9-20(18)27/h1-12H,13H2/b21-11-. The summed E-state index contributed by atoms with van der Waals surface area (Å²) in [6.07, 6.45) is 1.57. The molecule has 9 heteroatoms. The molecule has 4 rings (SSSR count). The molecule has 0 aromatic heterocycles. The summed E-state index contributed by atoms with van der Waals surface area (Å²) in [5.41, 5.74) is 1.40. The first-order chi connectivity index (χ1) is 15.8. The maximum absolute atomic E-state index is 12.9. The minimum absolute atomic E-state index is 0.0300. The topological polar surface area (TPSA) is 63.7 Å². The van der Waals surface area contributed by atoms with Gasteiger partial charge in [0, 0.05) is 20.6 Å². The van der Waals surface area contributed by atoms with Crippen LogP contribution in [0.25, 0.3) is 6.08 Å². The predicted molar refractivity (Wildman–Crippen MR) is 131 cm³/mol. The van der Waals surface area contributed by atoms with Crippen LogP contribution in [0.3, 0.4) is 0 Å². The highest BCUT2D eigenvalue weighted by atomic mass is 35.5. The van der Waals surface area contributed by atoms with E-state index in [1.54, 1.807) is 66.7 Å². The highest BCUT2D eigenvalue weighted by molar-refractivity contribution is 8.18. The van der Waals surface area contributed by atoms with Crippen molar-refractivity contribution in [2.75, 3.05) is 0 Å². The summed E-state index contributed by atoms with van der Waals surface area (Å²) < 4.78 is 5.41. The zero-order valence-electron chi connectivity index (χ0n) is 16.8. The van der Waals surface area contributed by atoms with Crippen LogP contribution in [-0.2, 0) is 11.3 Å². The van der Waals surface area contributed by atoms with Gasteiger partial charge in [-0.05, 0) is 65.9 Å². The average Bonchev–Trinajstić information content (AvgIpc) is 3.03. The van der Waals surface area contributed by atoms with E-state index >= 15 is 0 Å². The van der Waals surface area contributed by atoms with Crippen molar-refractivity contribution in [3.05, 3.63) is 103 Å². The number of esters is 1. The van der Waals surface area contributed by atoms with E-state index in [0.29, 0.717) is 31.8 Å². The van der Waals surface area contributed by atoms with E-state index in [1.165, 1.54) is 6.07 Å². The Morgan fingerprint density at radius 3 is 2.36 bits per heavy atom. The minimum Gasteiger partial charge on any atom is -0.423 e. The van der Waals surface area contributed by atoms with Crippen molar-refractivity contribution in [1.82, 2.24) is 4.90 Å². The number of rotatable bonds is 5. The molecule has 33 heavy (non-hydrogen) atoms. The highest BCUT2D eigenvalue weighted by Gasteiger charge is 2.35. The zero-order chi connectivity index (χ0) is 23.5. The van der Waals surface area contributed by atoms with E-state index in [2.05, 4.69) is 0 Å². The Bertz CT molecular complexity index is 1290. The molecule has 166 valence electrons. The van der Waals surface area contributed by atoms with Crippen molar-refractivity contribution in [2.24, 2.45) is 0 Å². The Hall–Kier alpha value is -2.77. The van der Waals surface area contributed by atoms with Crippen LogP contribution in [0, 0.1) is 0 Å². The van der Waals surface area contributed by atoms with Crippen LogP contribution >= 0.6 is 46.6 Å². The van der Waals surface area contributed by atoms with E-state index < -0.39 is 17.1 Å². The molecule has 0 unspecified atom stereocenters. The number of halogens is 3. The molecule has 0 spiro atoms. The first kappa shape index (κ1) is 23.4. The maximum Gasteiger partial charge on any atom is 0.343 e. The molecule has 0 aliphatic carbocycles. The van der Waals surface area contributed by atoms with Gasteiger partial charge in [0.15, 0.2) is 0 Å². The van der Waals surface area contributed by atoms with E-state index in [9.17, 15) is 14.4 Å². The number of thioether (sulfide) groups is 1. The monoisotopic (exact) mass is 517 g/mol. The number of carbonyl (C=O) groups excluding carboxylic acids is 3. The quantitative estimate of drug-likeness (QED) is 0.205. The predicted octanol–water partition coefficient (Wildman–Crippen LogP) is 7.10. The van der Waals surface area contributed by atoms with E-state index in [4.69, 9.17) is 39.5 Å². The summed E-state index contributed by atoms with van der Waals surface area (Å²) in [6.45, 7) is -0.0300. The lowest BCUT2D eigenvalue weighted by molar-refractivity contribution is -0.123. The number of hydrogen-bond donors (Lipinski definition) is 0. The molecule has 1 aliphatic heterocycles. The summed E-state index contributed by atoms with van der Waals surface area (Å²) in [5.74, 6) is -0.732. The molecule has 0 bridgehead atoms. The molecular weight excluding hydrogens is 505 g/mol. The van der Waals surface area contributed by atoms with Gasteiger partial charge in [-0.2, -0.15) is 0 Å². The van der Waals surface area contributed by atoms with Gasteiger partial charge >= 0.3 is 5.97 Å². The molecule has 1 heterocycles. The van der Waals surface area contributed by atoms with Crippen LogP contribution in [0.4, 0.5) is 4.79 Å². The van der Waals surface area contributed by atoms with Gasteiger partial charge in [0.25, 0.3) is 11.1 Å². The molecule has 0 N–H and O–H groups in total. The van der Waals surface area contributed by atoms with Crippen LogP contribution in [0.1, 0.15) is 21.5 Å². The van der Waals surface area contributed by atoms with Gasteiger partial charge in [-0.1, -0.05) is 59.1 Å². The Kier molecular flexibility index (Phi) is 7.10. The summed E-state index contributed by atoms with van der Waals surface area (Å²) in [5, 5.41) is 0.747. The van der Waals surface area contributed by atoms with Crippen LogP contribution in [0.5, 0.6) is 5.75 Å². The Balaban J connectivity index is 1.52. The molecule has 0 atom stereocenters. The summed E-state index contributed by atoms with van der Waals surface area (Å²) >= 11 is 19.1. The van der Waals surface area contributed by atoms with E-state index in [1.807, 2.05) is 0 Å². The molecule has 3 aromatic carbocycles. The number of amides is 2. The fraction of sp³-hybridized carbons (Fsp3) is 0.0417. The first-order valence-corrected chi connectivity index (χ1v) is 11.5. The van der Waals surface area contributed by atoms with Crippen molar-refractivity contribution in [3.8, 4) is 5.75 Å². The number of ether oxygens (including phenoxy) is 1. The number of hydrogen-bond acceptors (Lipinski definition) is 5. The fourth-order valence-electron chi connectivity index (χ4n) is 3.08. The SMILES string of the molecule is O=C(Oc1cccc(/C=C2\SC(=O)N(Cc3c(Cl)cccc3Cl)C2=O)c1)c1cccc(Cl)c1. The second kappa shape index (κ2) is 10.0. The van der Waals surface area contributed by atoms with Crippen molar-refractivity contribution in [1.29, 1.82) is 0 Å². The number of carbonyl (C=O) groups is 3. The molecule has 0 radical (unpaired) electrons. The summed E-state index contributed by atoms with van der Waals surface area (Å²) in [4.78, 5) is 39.0. The van der Waals surface area contributed by atoms with Crippen LogP contribution in [-0.4, -0.2) is 22.0 Å². The summed E-state index contributed by atoms with van der Waals surface area (Å²) in [6, 6.07) is 18.0. The van der Waals surface area contributed by atoms with Gasteiger partial charge in [-0.15, -0.1) is 0 Å². The molecular formula is C24H14Cl3NO4S. The second-order valence-electron chi connectivity index (χ2n) is 6.94. The lowest BCUT2D eigenvalue weighted by Crippen LogP contribution is -2.27.